The first-order chi connectivity index (χ1) is 12.8. The summed E-state index contributed by atoms with van der Waals surface area (Å²) < 4.78 is 9.13. The molecule has 1 saturated heterocycles. The van der Waals surface area contributed by atoms with Crippen LogP contribution in [0.15, 0.2) is 35.3 Å². The number of aryl methyl sites for hydroxylation is 1. The average molecular weight is 370 g/mol. The maximum atomic E-state index is 12.6. The highest BCUT2D eigenvalue weighted by Crippen LogP contribution is 2.25. The van der Waals surface area contributed by atoms with E-state index in [0.717, 1.165) is 34.8 Å². The van der Waals surface area contributed by atoms with Gasteiger partial charge in [0, 0.05) is 24.4 Å². The van der Waals surface area contributed by atoms with E-state index in [9.17, 15) is 4.79 Å². The SMILES string of the molecule is O=c1cc2c(nn1C1COCC1Nc1nnc3ccccn13)CCSC2. The molecular formula is C17H18N6O2S. The molecule has 2 atom stereocenters. The Morgan fingerprint density at radius 2 is 2.23 bits per heavy atom. The van der Waals surface area contributed by atoms with Gasteiger partial charge < -0.3 is 10.1 Å². The van der Waals surface area contributed by atoms with Crippen LogP contribution in [0.2, 0.25) is 0 Å². The fraction of sp³-hybridized carbons (Fsp3) is 0.412. The fourth-order valence-electron chi connectivity index (χ4n) is 3.49. The number of fused-ring (bicyclic) bond motifs is 2. The lowest BCUT2D eigenvalue weighted by Gasteiger charge is -2.22. The van der Waals surface area contributed by atoms with Crippen LogP contribution in [0.3, 0.4) is 0 Å². The zero-order valence-corrected chi connectivity index (χ0v) is 14.9. The van der Waals surface area contributed by atoms with Crippen molar-refractivity contribution in [3.8, 4) is 0 Å². The first kappa shape index (κ1) is 15.8. The Labute approximate surface area is 153 Å². The van der Waals surface area contributed by atoms with E-state index in [1.807, 2.05) is 40.6 Å². The van der Waals surface area contributed by atoms with Gasteiger partial charge in [0.2, 0.25) is 5.95 Å². The minimum Gasteiger partial charge on any atom is -0.377 e. The highest BCUT2D eigenvalue weighted by molar-refractivity contribution is 7.98. The molecule has 2 aliphatic heterocycles. The number of thioether (sulfide) groups is 1. The molecule has 1 N–H and O–H groups in total. The average Bonchev–Trinajstić information content (AvgIpc) is 3.29. The summed E-state index contributed by atoms with van der Waals surface area (Å²) in [6.45, 7) is 0.947. The third-order valence-electron chi connectivity index (χ3n) is 4.86. The highest BCUT2D eigenvalue weighted by atomic mass is 32.2. The van der Waals surface area contributed by atoms with Crippen molar-refractivity contribution in [3.63, 3.8) is 0 Å². The summed E-state index contributed by atoms with van der Waals surface area (Å²) >= 11 is 1.85. The molecule has 26 heavy (non-hydrogen) atoms. The lowest BCUT2D eigenvalue weighted by molar-refractivity contribution is 0.182. The molecule has 3 aromatic heterocycles. The molecule has 134 valence electrons. The second-order valence-corrected chi connectivity index (χ2v) is 7.61. The summed E-state index contributed by atoms with van der Waals surface area (Å²) in [5.74, 6) is 2.56. The van der Waals surface area contributed by atoms with Gasteiger partial charge in [-0.05, 0) is 23.4 Å². The van der Waals surface area contributed by atoms with Crippen molar-refractivity contribution in [3.05, 3.63) is 52.1 Å². The molecule has 0 aromatic carbocycles. The van der Waals surface area contributed by atoms with Crippen molar-refractivity contribution in [1.82, 2.24) is 24.4 Å². The summed E-state index contributed by atoms with van der Waals surface area (Å²) in [6.07, 6.45) is 2.81. The second kappa shape index (κ2) is 6.40. The summed E-state index contributed by atoms with van der Waals surface area (Å²) in [4.78, 5) is 12.6. The molecular weight excluding hydrogens is 352 g/mol. The van der Waals surface area contributed by atoms with Crippen molar-refractivity contribution in [1.29, 1.82) is 0 Å². The van der Waals surface area contributed by atoms with Crippen LogP contribution in [0.25, 0.3) is 5.65 Å². The second-order valence-electron chi connectivity index (χ2n) is 6.51. The van der Waals surface area contributed by atoms with Crippen molar-refractivity contribution in [2.24, 2.45) is 0 Å². The molecule has 9 heteroatoms. The largest absolute Gasteiger partial charge is 0.377 e. The van der Waals surface area contributed by atoms with E-state index in [1.54, 1.807) is 10.7 Å². The Balaban J connectivity index is 1.47. The van der Waals surface area contributed by atoms with Crippen LogP contribution in [-0.4, -0.2) is 49.4 Å². The highest BCUT2D eigenvalue weighted by Gasteiger charge is 2.33. The maximum absolute atomic E-state index is 12.6. The Hall–Kier alpha value is -2.39. The van der Waals surface area contributed by atoms with Crippen molar-refractivity contribution in [2.75, 3.05) is 24.3 Å². The molecule has 5 rings (SSSR count). The lowest BCUT2D eigenvalue weighted by Crippen LogP contribution is -2.38. The van der Waals surface area contributed by atoms with E-state index in [-0.39, 0.29) is 17.6 Å². The number of rotatable bonds is 3. The van der Waals surface area contributed by atoms with Gasteiger partial charge >= 0.3 is 0 Å². The molecule has 2 unspecified atom stereocenters. The quantitative estimate of drug-likeness (QED) is 0.739. The van der Waals surface area contributed by atoms with E-state index in [2.05, 4.69) is 20.6 Å². The van der Waals surface area contributed by atoms with Gasteiger partial charge in [0.25, 0.3) is 5.56 Å². The lowest BCUT2D eigenvalue weighted by atomic mass is 10.1. The number of hydrogen-bond acceptors (Lipinski definition) is 7. The minimum absolute atomic E-state index is 0.0698. The van der Waals surface area contributed by atoms with Gasteiger partial charge in [0.15, 0.2) is 5.65 Å². The monoisotopic (exact) mass is 370 g/mol. The number of pyridine rings is 1. The van der Waals surface area contributed by atoms with E-state index >= 15 is 0 Å². The smallest absolute Gasteiger partial charge is 0.267 e. The molecule has 0 amide bonds. The van der Waals surface area contributed by atoms with E-state index in [0.29, 0.717) is 19.2 Å². The normalized spacial score (nSPS) is 22.5. The summed E-state index contributed by atoms with van der Waals surface area (Å²) in [6, 6.07) is 7.22. The number of anilines is 1. The summed E-state index contributed by atoms with van der Waals surface area (Å²) in [5.41, 5.74) is 2.79. The molecule has 1 fully saturated rings. The van der Waals surface area contributed by atoms with Crippen LogP contribution in [-0.2, 0) is 16.9 Å². The van der Waals surface area contributed by atoms with E-state index in [4.69, 9.17) is 4.74 Å². The standard InChI is InChI=1S/C17H18N6O2S/c24-16-7-11-10-26-6-4-12(11)21-23(16)14-9-25-8-13(14)18-17-20-19-15-3-1-2-5-22(15)17/h1-3,5,7,13-14H,4,6,8-10H2,(H,18,20). The molecule has 5 heterocycles. The number of nitrogens with one attached hydrogen (secondary N) is 1. The Morgan fingerprint density at radius 3 is 3.19 bits per heavy atom. The fourth-order valence-corrected chi connectivity index (χ4v) is 4.45. The maximum Gasteiger partial charge on any atom is 0.267 e. The number of hydrogen-bond donors (Lipinski definition) is 1. The first-order valence-corrected chi connectivity index (χ1v) is 9.78. The van der Waals surface area contributed by atoms with Crippen LogP contribution in [0.5, 0.6) is 0 Å². The summed E-state index contributed by atoms with van der Waals surface area (Å²) in [7, 11) is 0. The molecule has 0 bridgehead atoms. The van der Waals surface area contributed by atoms with E-state index < -0.39 is 0 Å². The van der Waals surface area contributed by atoms with Crippen LogP contribution < -0.4 is 10.9 Å². The zero-order valence-electron chi connectivity index (χ0n) is 14.0. The number of aromatic nitrogens is 5. The minimum atomic E-state index is -0.168. The van der Waals surface area contributed by atoms with Crippen molar-refractivity contribution < 1.29 is 4.74 Å². The molecule has 0 radical (unpaired) electrons. The third kappa shape index (κ3) is 2.67. The Kier molecular flexibility index (Phi) is 3.90. The van der Waals surface area contributed by atoms with Gasteiger partial charge in [0.1, 0.15) is 6.04 Å². The topological polar surface area (TPSA) is 86.3 Å². The predicted octanol–water partition coefficient (Wildman–Crippen LogP) is 1.13. The molecule has 0 aliphatic carbocycles. The van der Waals surface area contributed by atoms with Crippen LogP contribution in [0, 0.1) is 0 Å². The van der Waals surface area contributed by atoms with Crippen LogP contribution >= 0.6 is 11.8 Å². The first-order valence-electron chi connectivity index (χ1n) is 8.63. The van der Waals surface area contributed by atoms with Crippen LogP contribution in [0.4, 0.5) is 5.95 Å². The summed E-state index contributed by atoms with van der Waals surface area (Å²) in [5, 5.41) is 16.4. The molecule has 8 nitrogen and oxygen atoms in total. The van der Waals surface area contributed by atoms with Gasteiger partial charge in [-0.25, -0.2) is 4.68 Å². The van der Waals surface area contributed by atoms with Gasteiger partial charge in [-0.2, -0.15) is 16.9 Å². The molecule has 3 aromatic rings. The third-order valence-corrected chi connectivity index (χ3v) is 5.86. The number of nitrogens with zero attached hydrogens (tertiary/aromatic N) is 5. The van der Waals surface area contributed by atoms with Gasteiger partial charge in [-0.1, -0.05) is 6.07 Å². The van der Waals surface area contributed by atoms with Gasteiger partial charge in [-0.15, -0.1) is 10.2 Å². The van der Waals surface area contributed by atoms with Gasteiger partial charge in [0.05, 0.1) is 24.9 Å². The molecule has 2 aliphatic rings. The predicted molar refractivity (Wildman–Crippen MR) is 98.6 cm³/mol. The van der Waals surface area contributed by atoms with E-state index in [1.165, 1.54) is 0 Å². The van der Waals surface area contributed by atoms with Crippen LogP contribution in [0.1, 0.15) is 17.3 Å². The zero-order chi connectivity index (χ0) is 17.5. The number of ether oxygens (including phenoxy) is 1. The molecule has 0 spiro atoms. The van der Waals surface area contributed by atoms with Crippen molar-refractivity contribution >= 4 is 23.4 Å². The van der Waals surface area contributed by atoms with Crippen molar-refractivity contribution in [2.45, 2.75) is 24.3 Å². The Morgan fingerprint density at radius 1 is 1.27 bits per heavy atom. The van der Waals surface area contributed by atoms with Gasteiger partial charge in [-0.3, -0.25) is 9.20 Å². The Bertz CT molecular complexity index is 1020. The molecule has 0 saturated carbocycles.